The molecule has 2 saturated carbocycles. The predicted octanol–water partition coefficient (Wildman–Crippen LogP) is 1.56. The molecular formula is C12H20N2O. The van der Waals surface area contributed by atoms with E-state index in [-0.39, 0.29) is 6.04 Å². The molecule has 4 atom stereocenters. The Balaban J connectivity index is 1.73. The average Bonchev–Trinajstić information content (AvgIpc) is 2.94. The quantitative estimate of drug-likeness (QED) is 0.546. The molecule has 1 aliphatic heterocycles. The van der Waals surface area contributed by atoms with E-state index in [1.807, 2.05) is 0 Å². The van der Waals surface area contributed by atoms with Crippen LogP contribution in [0, 0.1) is 17.8 Å². The maximum atomic E-state index is 5.69. The van der Waals surface area contributed by atoms with Crippen molar-refractivity contribution in [3.8, 4) is 0 Å². The predicted molar refractivity (Wildman–Crippen MR) is 58.7 cm³/mol. The minimum absolute atomic E-state index is 0.280. The van der Waals surface area contributed by atoms with Crippen molar-refractivity contribution in [2.75, 3.05) is 6.61 Å². The van der Waals surface area contributed by atoms with Crippen molar-refractivity contribution in [3.05, 3.63) is 11.8 Å². The summed E-state index contributed by atoms with van der Waals surface area (Å²) in [5.74, 6) is 9.38. The average molecular weight is 208 g/mol. The van der Waals surface area contributed by atoms with Gasteiger partial charge in [0.05, 0.1) is 12.6 Å². The van der Waals surface area contributed by atoms with E-state index >= 15 is 0 Å². The number of rotatable bonds is 3. The lowest BCUT2D eigenvalue weighted by atomic mass is 9.82. The molecule has 2 fully saturated rings. The molecule has 0 spiro atoms. The topological polar surface area (TPSA) is 47.3 Å². The highest BCUT2D eigenvalue weighted by Crippen LogP contribution is 2.50. The summed E-state index contributed by atoms with van der Waals surface area (Å²) < 4.78 is 5.64. The van der Waals surface area contributed by atoms with Crippen molar-refractivity contribution in [2.24, 2.45) is 23.6 Å². The number of hydrazine groups is 1. The molecule has 0 aromatic rings. The molecule has 3 rings (SSSR count). The van der Waals surface area contributed by atoms with E-state index < -0.39 is 0 Å². The van der Waals surface area contributed by atoms with Gasteiger partial charge in [0.25, 0.3) is 0 Å². The van der Waals surface area contributed by atoms with Crippen LogP contribution in [0.1, 0.15) is 32.1 Å². The molecule has 3 aliphatic rings. The third-order valence-electron chi connectivity index (χ3n) is 4.44. The zero-order valence-electron chi connectivity index (χ0n) is 9.11. The van der Waals surface area contributed by atoms with Crippen molar-refractivity contribution in [1.82, 2.24) is 5.43 Å². The summed E-state index contributed by atoms with van der Waals surface area (Å²) in [5, 5.41) is 0. The van der Waals surface area contributed by atoms with Crippen molar-refractivity contribution in [3.63, 3.8) is 0 Å². The fourth-order valence-electron chi connectivity index (χ4n) is 3.77. The molecule has 1 heterocycles. The Kier molecular flexibility index (Phi) is 2.45. The Labute approximate surface area is 91.0 Å². The smallest absolute Gasteiger partial charge is 0.111 e. The SMILES string of the molecule is NNC(C1=CCCO1)C1CC2CCC1C2. The lowest BCUT2D eigenvalue weighted by Gasteiger charge is -2.30. The molecule has 2 bridgehead atoms. The van der Waals surface area contributed by atoms with E-state index in [1.54, 1.807) is 0 Å². The van der Waals surface area contributed by atoms with Gasteiger partial charge in [-0.3, -0.25) is 5.84 Å². The molecular weight excluding hydrogens is 188 g/mol. The minimum Gasteiger partial charge on any atom is -0.496 e. The number of hydrogen-bond donors (Lipinski definition) is 2. The van der Waals surface area contributed by atoms with Crippen LogP contribution >= 0.6 is 0 Å². The standard InChI is InChI=1S/C12H20N2O/c13-14-12(11-2-1-5-15-11)10-7-8-3-4-9(10)6-8/h2,8-10,12,14H,1,3-7,13H2. The van der Waals surface area contributed by atoms with Crippen LogP contribution in [0.3, 0.4) is 0 Å². The van der Waals surface area contributed by atoms with Crippen LogP contribution in [0.15, 0.2) is 11.8 Å². The van der Waals surface area contributed by atoms with Gasteiger partial charge >= 0.3 is 0 Å². The molecule has 4 unspecified atom stereocenters. The highest BCUT2D eigenvalue weighted by Gasteiger charge is 2.44. The van der Waals surface area contributed by atoms with E-state index in [4.69, 9.17) is 10.6 Å². The highest BCUT2D eigenvalue weighted by atomic mass is 16.5. The van der Waals surface area contributed by atoms with Crippen LogP contribution in [0.2, 0.25) is 0 Å². The van der Waals surface area contributed by atoms with E-state index in [9.17, 15) is 0 Å². The summed E-state index contributed by atoms with van der Waals surface area (Å²) in [6.07, 6.45) is 8.88. The summed E-state index contributed by atoms with van der Waals surface area (Å²) in [5.41, 5.74) is 2.98. The fourth-order valence-corrected chi connectivity index (χ4v) is 3.77. The van der Waals surface area contributed by atoms with Gasteiger partial charge in [0.2, 0.25) is 0 Å². The van der Waals surface area contributed by atoms with E-state index in [1.165, 1.54) is 25.7 Å². The maximum absolute atomic E-state index is 5.69. The van der Waals surface area contributed by atoms with Crippen LogP contribution < -0.4 is 11.3 Å². The Bertz CT molecular complexity index is 277. The number of hydrogen-bond acceptors (Lipinski definition) is 3. The lowest BCUT2D eigenvalue weighted by molar-refractivity contribution is 0.169. The number of nitrogens with one attached hydrogen (secondary N) is 1. The van der Waals surface area contributed by atoms with Crippen LogP contribution in [0.25, 0.3) is 0 Å². The second-order valence-electron chi connectivity index (χ2n) is 5.23. The zero-order valence-corrected chi connectivity index (χ0v) is 9.11. The van der Waals surface area contributed by atoms with Gasteiger partial charge in [-0.2, -0.15) is 0 Å². The number of fused-ring (bicyclic) bond motifs is 2. The molecule has 0 radical (unpaired) electrons. The van der Waals surface area contributed by atoms with Gasteiger partial charge in [-0.25, -0.2) is 5.43 Å². The molecule has 3 N–H and O–H groups in total. The van der Waals surface area contributed by atoms with E-state index in [0.717, 1.165) is 36.5 Å². The summed E-state index contributed by atoms with van der Waals surface area (Å²) in [4.78, 5) is 0. The maximum Gasteiger partial charge on any atom is 0.111 e. The summed E-state index contributed by atoms with van der Waals surface area (Å²) in [6.45, 7) is 0.842. The molecule has 3 nitrogen and oxygen atoms in total. The van der Waals surface area contributed by atoms with Crippen molar-refractivity contribution in [1.29, 1.82) is 0 Å². The van der Waals surface area contributed by atoms with Crippen molar-refractivity contribution >= 4 is 0 Å². The lowest BCUT2D eigenvalue weighted by Crippen LogP contribution is -2.44. The first kappa shape index (κ1) is 9.67. The van der Waals surface area contributed by atoms with E-state index in [0.29, 0.717) is 0 Å². The first-order valence-electron chi connectivity index (χ1n) is 6.17. The first-order chi connectivity index (χ1) is 7.38. The van der Waals surface area contributed by atoms with Gasteiger partial charge in [0.1, 0.15) is 5.76 Å². The third-order valence-corrected chi connectivity index (χ3v) is 4.44. The molecule has 0 amide bonds. The second-order valence-corrected chi connectivity index (χ2v) is 5.23. The van der Waals surface area contributed by atoms with Crippen molar-refractivity contribution in [2.45, 2.75) is 38.1 Å². The molecule has 84 valence electrons. The van der Waals surface area contributed by atoms with Gasteiger partial charge < -0.3 is 4.74 Å². The minimum atomic E-state index is 0.280. The van der Waals surface area contributed by atoms with Crippen LogP contribution in [-0.2, 0) is 4.74 Å². The van der Waals surface area contributed by atoms with Gasteiger partial charge in [0, 0.05) is 6.42 Å². The zero-order chi connectivity index (χ0) is 10.3. The van der Waals surface area contributed by atoms with Gasteiger partial charge in [-0.15, -0.1) is 0 Å². The molecule has 0 aromatic carbocycles. The Morgan fingerprint density at radius 3 is 2.87 bits per heavy atom. The molecule has 15 heavy (non-hydrogen) atoms. The summed E-state index contributed by atoms with van der Waals surface area (Å²) in [6, 6.07) is 0.280. The molecule has 2 aliphatic carbocycles. The van der Waals surface area contributed by atoms with E-state index in [2.05, 4.69) is 11.5 Å². The molecule has 3 heteroatoms. The van der Waals surface area contributed by atoms with Gasteiger partial charge in [-0.1, -0.05) is 6.42 Å². The first-order valence-corrected chi connectivity index (χ1v) is 6.17. The monoisotopic (exact) mass is 208 g/mol. The van der Waals surface area contributed by atoms with Gasteiger partial charge in [0.15, 0.2) is 0 Å². The Morgan fingerprint density at radius 1 is 1.40 bits per heavy atom. The largest absolute Gasteiger partial charge is 0.496 e. The molecule has 0 saturated heterocycles. The number of nitrogens with two attached hydrogens (primary N) is 1. The number of ether oxygens (including phenoxy) is 1. The van der Waals surface area contributed by atoms with Crippen LogP contribution in [0.4, 0.5) is 0 Å². The normalized spacial score (nSPS) is 40.3. The van der Waals surface area contributed by atoms with Crippen LogP contribution in [-0.4, -0.2) is 12.6 Å². The molecule has 0 aromatic heterocycles. The highest BCUT2D eigenvalue weighted by molar-refractivity contribution is 5.11. The Morgan fingerprint density at radius 2 is 2.33 bits per heavy atom. The summed E-state index contributed by atoms with van der Waals surface area (Å²) in [7, 11) is 0. The summed E-state index contributed by atoms with van der Waals surface area (Å²) >= 11 is 0. The fraction of sp³-hybridized carbons (Fsp3) is 0.833. The third kappa shape index (κ3) is 1.58. The second kappa shape index (κ2) is 3.80. The van der Waals surface area contributed by atoms with Crippen molar-refractivity contribution < 1.29 is 4.74 Å². The van der Waals surface area contributed by atoms with Gasteiger partial charge in [-0.05, 0) is 43.1 Å². The Hall–Kier alpha value is -0.540. The van der Waals surface area contributed by atoms with Crippen LogP contribution in [0.5, 0.6) is 0 Å².